The Morgan fingerprint density at radius 1 is 0.970 bits per heavy atom. The van der Waals surface area contributed by atoms with Crippen molar-refractivity contribution in [3.63, 3.8) is 0 Å². The van der Waals surface area contributed by atoms with Crippen LogP contribution in [0.25, 0.3) is 0 Å². The zero-order valence-electron chi connectivity index (χ0n) is 19.9. The van der Waals surface area contributed by atoms with E-state index in [9.17, 15) is 4.79 Å². The van der Waals surface area contributed by atoms with Crippen molar-refractivity contribution in [3.8, 4) is 0 Å². The van der Waals surface area contributed by atoms with Gasteiger partial charge in [-0.25, -0.2) is 0 Å². The minimum absolute atomic E-state index is 0.0717. The molecular formula is C30H32N2O. The summed E-state index contributed by atoms with van der Waals surface area (Å²) < 4.78 is 0. The Hall–Kier alpha value is -3.33. The first-order chi connectivity index (χ1) is 15.8. The van der Waals surface area contributed by atoms with Crippen LogP contribution < -0.4 is 10.6 Å². The number of anilines is 2. The summed E-state index contributed by atoms with van der Waals surface area (Å²) in [7, 11) is 0. The maximum Gasteiger partial charge on any atom is 0.255 e. The van der Waals surface area contributed by atoms with Gasteiger partial charge in [-0.05, 0) is 71.7 Å². The van der Waals surface area contributed by atoms with Gasteiger partial charge in [0.25, 0.3) is 5.91 Å². The molecule has 0 spiro atoms. The van der Waals surface area contributed by atoms with Crippen LogP contribution in [-0.2, 0) is 5.41 Å². The Bertz CT molecular complexity index is 1200. The third-order valence-corrected chi connectivity index (χ3v) is 7.07. The first-order valence-electron chi connectivity index (χ1n) is 11.9. The lowest BCUT2D eigenvalue weighted by atomic mass is 9.77. The van der Waals surface area contributed by atoms with Crippen LogP contribution in [0, 0.1) is 12.8 Å². The second-order valence-corrected chi connectivity index (χ2v) is 10.5. The van der Waals surface area contributed by atoms with Gasteiger partial charge in [0.2, 0.25) is 0 Å². The second kappa shape index (κ2) is 8.22. The Labute approximate surface area is 196 Å². The lowest BCUT2D eigenvalue weighted by molar-refractivity contribution is 0.102. The average molecular weight is 437 g/mol. The summed E-state index contributed by atoms with van der Waals surface area (Å²) in [5, 5.41) is 6.89. The Kier molecular flexibility index (Phi) is 5.36. The number of benzene rings is 3. The Balaban J connectivity index is 1.38. The predicted molar refractivity (Wildman–Crippen MR) is 137 cm³/mol. The molecule has 33 heavy (non-hydrogen) atoms. The summed E-state index contributed by atoms with van der Waals surface area (Å²) in [6.07, 6.45) is 5.70. The van der Waals surface area contributed by atoms with Gasteiger partial charge in [-0.1, -0.05) is 74.9 Å². The van der Waals surface area contributed by atoms with E-state index in [2.05, 4.69) is 86.9 Å². The molecule has 1 amide bonds. The zero-order chi connectivity index (χ0) is 23.2. The van der Waals surface area contributed by atoms with Crippen LogP contribution in [0.2, 0.25) is 0 Å². The van der Waals surface area contributed by atoms with Gasteiger partial charge in [0.05, 0.1) is 6.04 Å². The van der Waals surface area contributed by atoms with E-state index in [0.717, 1.165) is 17.8 Å². The number of rotatable bonds is 3. The van der Waals surface area contributed by atoms with E-state index in [1.807, 2.05) is 30.3 Å². The number of fused-ring (bicyclic) bond motifs is 3. The van der Waals surface area contributed by atoms with Gasteiger partial charge < -0.3 is 10.6 Å². The second-order valence-electron chi connectivity index (χ2n) is 10.5. The maximum absolute atomic E-state index is 12.9. The lowest BCUT2D eigenvalue weighted by Crippen LogP contribution is -2.29. The number of aryl methyl sites for hydroxylation is 1. The normalized spacial score (nSPS) is 21.2. The highest BCUT2D eigenvalue weighted by Gasteiger charge is 2.37. The number of nitrogens with one attached hydrogen (secondary N) is 2. The van der Waals surface area contributed by atoms with E-state index < -0.39 is 0 Å². The van der Waals surface area contributed by atoms with Crippen molar-refractivity contribution in [1.29, 1.82) is 0 Å². The summed E-state index contributed by atoms with van der Waals surface area (Å²) in [4.78, 5) is 12.9. The quantitative estimate of drug-likeness (QED) is 0.421. The number of carbonyl (C=O) groups is 1. The summed E-state index contributed by atoms with van der Waals surface area (Å²) in [6.45, 7) is 8.66. The van der Waals surface area contributed by atoms with Crippen LogP contribution in [0.15, 0.2) is 78.9 Å². The minimum Gasteiger partial charge on any atom is -0.378 e. The standard InChI is InChI=1S/C30H32N2O/c1-19-8-10-20(11-9-19)28-25-7-5-6-24(25)26-18-23(16-17-27(26)32-28)31-29(33)21-12-14-22(15-13-21)30(2,3)4/h5-6,8-18,24-25,28,32H,7H2,1-4H3,(H,31,33). The molecule has 2 aliphatic rings. The van der Waals surface area contributed by atoms with Crippen LogP contribution in [0.4, 0.5) is 11.4 Å². The highest BCUT2D eigenvalue weighted by atomic mass is 16.1. The van der Waals surface area contributed by atoms with E-state index in [1.165, 1.54) is 22.3 Å². The molecule has 0 saturated heterocycles. The molecule has 2 N–H and O–H groups in total. The van der Waals surface area contributed by atoms with Gasteiger partial charge in [-0.2, -0.15) is 0 Å². The molecule has 0 radical (unpaired) electrons. The minimum atomic E-state index is -0.0739. The van der Waals surface area contributed by atoms with Crippen LogP contribution in [-0.4, -0.2) is 5.91 Å². The molecule has 3 aromatic carbocycles. The van der Waals surface area contributed by atoms with E-state index in [4.69, 9.17) is 0 Å². The highest BCUT2D eigenvalue weighted by Crippen LogP contribution is 2.50. The van der Waals surface area contributed by atoms with E-state index in [-0.39, 0.29) is 11.3 Å². The topological polar surface area (TPSA) is 41.1 Å². The lowest BCUT2D eigenvalue weighted by Gasteiger charge is -2.37. The summed E-state index contributed by atoms with van der Waals surface area (Å²) >= 11 is 0. The molecule has 3 aromatic rings. The first-order valence-corrected chi connectivity index (χ1v) is 11.9. The van der Waals surface area contributed by atoms with Crippen molar-refractivity contribution in [3.05, 3.63) is 107 Å². The Morgan fingerprint density at radius 2 is 1.70 bits per heavy atom. The van der Waals surface area contributed by atoms with Crippen LogP contribution in [0.1, 0.15) is 71.8 Å². The van der Waals surface area contributed by atoms with Crippen molar-refractivity contribution in [2.75, 3.05) is 10.6 Å². The van der Waals surface area contributed by atoms with Gasteiger partial charge >= 0.3 is 0 Å². The Morgan fingerprint density at radius 3 is 2.39 bits per heavy atom. The molecule has 0 bridgehead atoms. The fraction of sp³-hybridized carbons (Fsp3) is 0.300. The number of hydrogen-bond donors (Lipinski definition) is 2. The molecule has 5 rings (SSSR count). The molecule has 0 fully saturated rings. The molecule has 0 aromatic heterocycles. The molecule has 1 aliphatic carbocycles. The molecule has 3 unspecified atom stereocenters. The molecule has 168 valence electrons. The van der Waals surface area contributed by atoms with Crippen molar-refractivity contribution < 1.29 is 4.79 Å². The molecule has 1 aliphatic heterocycles. The van der Waals surface area contributed by atoms with Gasteiger partial charge in [0.1, 0.15) is 0 Å². The van der Waals surface area contributed by atoms with Crippen molar-refractivity contribution in [2.24, 2.45) is 5.92 Å². The number of allylic oxidation sites excluding steroid dienone is 2. The van der Waals surface area contributed by atoms with E-state index >= 15 is 0 Å². The van der Waals surface area contributed by atoms with Gasteiger partial charge in [0.15, 0.2) is 0 Å². The highest BCUT2D eigenvalue weighted by molar-refractivity contribution is 6.04. The SMILES string of the molecule is Cc1ccc(C2Nc3ccc(NC(=O)c4ccc(C(C)(C)C)cc4)cc3C3C=CCC32)cc1. The number of amides is 1. The molecule has 1 heterocycles. The third kappa shape index (κ3) is 4.20. The number of carbonyl (C=O) groups excluding carboxylic acids is 1. The molecular weight excluding hydrogens is 404 g/mol. The smallest absolute Gasteiger partial charge is 0.255 e. The maximum atomic E-state index is 12.9. The fourth-order valence-electron chi connectivity index (χ4n) is 5.10. The monoisotopic (exact) mass is 436 g/mol. The van der Waals surface area contributed by atoms with Crippen molar-refractivity contribution in [2.45, 2.75) is 51.5 Å². The van der Waals surface area contributed by atoms with E-state index in [1.54, 1.807) is 0 Å². The third-order valence-electron chi connectivity index (χ3n) is 7.07. The largest absolute Gasteiger partial charge is 0.378 e. The van der Waals surface area contributed by atoms with E-state index in [0.29, 0.717) is 23.4 Å². The van der Waals surface area contributed by atoms with Crippen molar-refractivity contribution >= 4 is 17.3 Å². The van der Waals surface area contributed by atoms with Gasteiger partial charge in [-0.15, -0.1) is 0 Å². The summed E-state index contributed by atoms with van der Waals surface area (Å²) in [5.74, 6) is 0.766. The molecule has 3 atom stereocenters. The summed E-state index contributed by atoms with van der Waals surface area (Å²) in [5.41, 5.74) is 7.85. The van der Waals surface area contributed by atoms with Gasteiger partial charge in [0, 0.05) is 22.9 Å². The molecule has 3 nitrogen and oxygen atoms in total. The van der Waals surface area contributed by atoms with Gasteiger partial charge in [-0.3, -0.25) is 4.79 Å². The predicted octanol–water partition coefficient (Wildman–Crippen LogP) is 7.37. The molecule has 3 heteroatoms. The molecule has 0 saturated carbocycles. The number of hydrogen-bond acceptors (Lipinski definition) is 2. The van der Waals surface area contributed by atoms with Crippen molar-refractivity contribution in [1.82, 2.24) is 0 Å². The fourth-order valence-corrected chi connectivity index (χ4v) is 5.10. The zero-order valence-corrected chi connectivity index (χ0v) is 19.9. The van der Waals surface area contributed by atoms with Crippen LogP contribution in [0.3, 0.4) is 0 Å². The average Bonchev–Trinajstić information content (AvgIpc) is 3.29. The summed E-state index contributed by atoms with van der Waals surface area (Å²) in [6, 6.07) is 23.3. The van der Waals surface area contributed by atoms with Crippen LogP contribution >= 0.6 is 0 Å². The first kappa shape index (κ1) is 21.5. The van der Waals surface area contributed by atoms with Crippen LogP contribution in [0.5, 0.6) is 0 Å².